The maximum Gasteiger partial charge on any atom is 0.0541 e. The first-order valence-corrected chi connectivity index (χ1v) is 6.23. The first kappa shape index (κ1) is 10.4. The highest BCUT2D eigenvalue weighted by Crippen LogP contribution is 2.36. The average Bonchev–Trinajstić information content (AvgIpc) is 2.89. The van der Waals surface area contributed by atoms with Gasteiger partial charge in [0, 0.05) is 12.1 Å². The smallest absolute Gasteiger partial charge is 0.0541 e. The van der Waals surface area contributed by atoms with Gasteiger partial charge in [0.25, 0.3) is 0 Å². The third-order valence-electron chi connectivity index (χ3n) is 3.73. The summed E-state index contributed by atoms with van der Waals surface area (Å²) < 4.78 is 0. The highest BCUT2D eigenvalue weighted by atomic mass is 16.3. The standard InChI is InChI=1S/C12H23NO/c1-2-3-9-8-12(9)13-10-4-6-11(14)7-5-10/h9-14H,2-8H2,1H3. The van der Waals surface area contributed by atoms with Gasteiger partial charge in [0.1, 0.15) is 0 Å². The van der Waals surface area contributed by atoms with Gasteiger partial charge in [-0.3, -0.25) is 0 Å². The van der Waals surface area contributed by atoms with Crippen LogP contribution in [0.4, 0.5) is 0 Å². The van der Waals surface area contributed by atoms with Crippen molar-refractivity contribution < 1.29 is 5.11 Å². The first-order chi connectivity index (χ1) is 6.79. The van der Waals surface area contributed by atoms with Crippen molar-refractivity contribution in [1.29, 1.82) is 0 Å². The molecule has 2 saturated carbocycles. The van der Waals surface area contributed by atoms with Gasteiger partial charge in [-0.2, -0.15) is 0 Å². The zero-order valence-electron chi connectivity index (χ0n) is 9.21. The highest BCUT2D eigenvalue weighted by molar-refractivity contribution is 4.95. The molecule has 0 aromatic heterocycles. The van der Waals surface area contributed by atoms with Crippen molar-refractivity contribution in [1.82, 2.24) is 5.32 Å². The summed E-state index contributed by atoms with van der Waals surface area (Å²) in [5, 5.41) is 13.1. The Hall–Kier alpha value is -0.0800. The molecule has 0 radical (unpaired) electrons. The molecule has 0 bridgehead atoms. The Morgan fingerprint density at radius 3 is 2.57 bits per heavy atom. The van der Waals surface area contributed by atoms with Crippen molar-refractivity contribution in [2.45, 2.75) is 70.1 Å². The van der Waals surface area contributed by atoms with Crippen LogP contribution in [0.1, 0.15) is 51.9 Å². The van der Waals surface area contributed by atoms with Crippen molar-refractivity contribution in [3.63, 3.8) is 0 Å². The van der Waals surface area contributed by atoms with Crippen LogP contribution < -0.4 is 5.32 Å². The predicted octanol–water partition coefficient (Wildman–Crippen LogP) is 2.07. The Bertz CT molecular complexity index is 175. The summed E-state index contributed by atoms with van der Waals surface area (Å²) in [4.78, 5) is 0. The van der Waals surface area contributed by atoms with Gasteiger partial charge in [-0.25, -0.2) is 0 Å². The minimum Gasteiger partial charge on any atom is -0.393 e. The van der Waals surface area contributed by atoms with Crippen molar-refractivity contribution in [3.8, 4) is 0 Å². The topological polar surface area (TPSA) is 32.3 Å². The molecule has 2 atom stereocenters. The second kappa shape index (κ2) is 4.63. The minimum atomic E-state index is -0.0151. The summed E-state index contributed by atoms with van der Waals surface area (Å²) in [5.41, 5.74) is 0. The Morgan fingerprint density at radius 2 is 1.93 bits per heavy atom. The first-order valence-electron chi connectivity index (χ1n) is 6.23. The van der Waals surface area contributed by atoms with Crippen molar-refractivity contribution in [2.24, 2.45) is 5.92 Å². The number of aliphatic hydroxyl groups is 1. The second-order valence-electron chi connectivity index (χ2n) is 5.06. The van der Waals surface area contributed by atoms with Crippen LogP contribution in [0.15, 0.2) is 0 Å². The Balaban J connectivity index is 1.62. The van der Waals surface area contributed by atoms with Crippen LogP contribution in [-0.2, 0) is 0 Å². The molecule has 0 spiro atoms. The minimum absolute atomic E-state index is 0.0151. The zero-order valence-corrected chi connectivity index (χ0v) is 9.21. The third-order valence-corrected chi connectivity index (χ3v) is 3.73. The molecule has 2 unspecified atom stereocenters. The van der Waals surface area contributed by atoms with Gasteiger partial charge in [-0.05, 0) is 44.4 Å². The SMILES string of the molecule is CCCC1CC1NC1CCC(O)CC1. The van der Waals surface area contributed by atoms with E-state index < -0.39 is 0 Å². The predicted molar refractivity (Wildman–Crippen MR) is 58.2 cm³/mol. The van der Waals surface area contributed by atoms with E-state index in [-0.39, 0.29) is 6.10 Å². The molecule has 0 amide bonds. The molecule has 0 aromatic carbocycles. The van der Waals surface area contributed by atoms with Gasteiger partial charge in [-0.15, -0.1) is 0 Å². The van der Waals surface area contributed by atoms with E-state index in [4.69, 9.17) is 0 Å². The molecule has 2 fully saturated rings. The molecular formula is C12H23NO. The summed E-state index contributed by atoms with van der Waals surface area (Å²) in [6, 6.07) is 1.51. The van der Waals surface area contributed by atoms with E-state index in [2.05, 4.69) is 12.2 Å². The quantitative estimate of drug-likeness (QED) is 0.723. The van der Waals surface area contributed by atoms with E-state index in [0.29, 0.717) is 6.04 Å². The van der Waals surface area contributed by atoms with Crippen molar-refractivity contribution in [2.75, 3.05) is 0 Å². The lowest BCUT2D eigenvalue weighted by molar-refractivity contribution is 0.116. The maximum atomic E-state index is 9.39. The van der Waals surface area contributed by atoms with Gasteiger partial charge >= 0.3 is 0 Å². The molecule has 0 aromatic rings. The zero-order chi connectivity index (χ0) is 9.97. The van der Waals surface area contributed by atoms with Crippen LogP contribution in [0.5, 0.6) is 0 Å². The van der Waals surface area contributed by atoms with Crippen LogP contribution in [-0.4, -0.2) is 23.3 Å². The number of nitrogens with one attached hydrogen (secondary N) is 1. The summed E-state index contributed by atoms with van der Waals surface area (Å²) in [5.74, 6) is 0.965. The van der Waals surface area contributed by atoms with E-state index in [9.17, 15) is 5.11 Å². The number of hydrogen-bond donors (Lipinski definition) is 2. The normalized spacial score (nSPS) is 42.4. The van der Waals surface area contributed by atoms with E-state index in [1.165, 1.54) is 32.1 Å². The number of aliphatic hydroxyl groups excluding tert-OH is 1. The molecule has 14 heavy (non-hydrogen) atoms. The highest BCUT2D eigenvalue weighted by Gasteiger charge is 2.37. The van der Waals surface area contributed by atoms with Crippen LogP contribution in [0.3, 0.4) is 0 Å². The fourth-order valence-corrected chi connectivity index (χ4v) is 2.69. The van der Waals surface area contributed by atoms with Crippen LogP contribution in [0, 0.1) is 5.92 Å². The molecule has 2 aliphatic rings. The third kappa shape index (κ3) is 2.71. The Labute approximate surface area is 87.1 Å². The summed E-state index contributed by atoms with van der Waals surface area (Å²) in [6.07, 6.45) is 8.46. The van der Waals surface area contributed by atoms with E-state index in [1.807, 2.05) is 0 Å². The molecule has 0 heterocycles. The van der Waals surface area contributed by atoms with Crippen LogP contribution in [0.2, 0.25) is 0 Å². The molecule has 0 saturated heterocycles. The van der Waals surface area contributed by atoms with Gasteiger partial charge in [0.2, 0.25) is 0 Å². The summed E-state index contributed by atoms with van der Waals surface area (Å²) >= 11 is 0. The average molecular weight is 197 g/mol. The lowest BCUT2D eigenvalue weighted by atomic mass is 9.93. The number of hydrogen-bond acceptors (Lipinski definition) is 2. The molecular weight excluding hydrogens is 174 g/mol. The van der Waals surface area contributed by atoms with E-state index in [1.54, 1.807) is 0 Å². The van der Waals surface area contributed by atoms with Gasteiger partial charge in [0.05, 0.1) is 6.10 Å². The molecule has 2 N–H and O–H groups in total. The summed E-state index contributed by atoms with van der Waals surface area (Å²) in [6.45, 7) is 2.27. The second-order valence-corrected chi connectivity index (χ2v) is 5.06. The fraction of sp³-hybridized carbons (Fsp3) is 1.00. The lowest BCUT2D eigenvalue weighted by Crippen LogP contribution is -2.36. The lowest BCUT2D eigenvalue weighted by Gasteiger charge is -2.26. The van der Waals surface area contributed by atoms with E-state index >= 15 is 0 Å². The Morgan fingerprint density at radius 1 is 1.21 bits per heavy atom. The Kier molecular flexibility index (Phi) is 3.45. The van der Waals surface area contributed by atoms with Gasteiger partial charge < -0.3 is 10.4 Å². The molecule has 0 aliphatic heterocycles. The van der Waals surface area contributed by atoms with Crippen molar-refractivity contribution >= 4 is 0 Å². The summed E-state index contributed by atoms with van der Waals surface area (Å²) in [7, 11) is 0. The molecule has 82 valence electrons. The van der Waals surface area contributed by atoms with E-state index in [0.717, 1.165) is 24.8 Å². The van der Waals surface area contributed by atoms with Crippen molar-refractivity contribution in [3.05, 3.63) is 0 Å². The maximum absolute atomic E-state index is 9.39. The molecule has 2 aliphatic carbocycles. The van der Waals surface area contributed by atoms with Crippen LogP contribution in [0.25, 0.3) is 0 Å². The van der Waals surface area contributed by atoms with Gasteiger partial charge in [-0.1, -0.05) is 13.3 Å². The van der Waals surface area contributed by atoms with Crippen LogP contribution >= 0.6 is 0 Å². The molecule has 2 nitrogen and oxygen atoms in total. The fourth-order valence-electron chi connectivity index (χ4n) is 2.69. The number of rotatable bonds is 4. The molecule has 2 rings (SSSR count). The molecule has 2 heteroatoms. The largest absolute Gasteiger partial charge is 0.393 e. The monoisotopic (exact) mass is 197 g/mol. The van der Waals surface area contributed by atoms with Gasteiger partial charge in [0.15, 0.2) is 0 Å².